The van der Waals surface area contributed by atoms with Gasteiger partial charge in [-0.15, -0.1) is 0 Å². The van der Waals surface area contributed by atoms with Crippen molar-refractivity contribution in [3.05, 3.63) is 34.4 Å². The molecule has 0 bridgehead atoms. The van der Waals surface area contributed by atoms with Crippen LogP contribution >= 0.6 is 15.9 Å². The van der Waals surface area contributed by atoms with Gasteiger partial charge in [-0.05, 0) is 24.6 Å². The van der Waals surface area contributed by atoms with Crippen LogP contribution < -0.4 is 5.73 Å². The van der Waals surface area contributed by atoms with Crippen LogP contribution in [0.4, 0.5) is 4.39 Å². The summed E-state index contributed by atoms with van der Waals surface area (Å²) in [5, 5.41) is 3.73. The Kier molecular flexibility index (Phi) is 4.74. The van der Waals surface area contributed by atoms with Crippen molar-refractivity contribution in [2.75, 3.05) is 12.0 Å². The summed E-state index contributed by atoms with van der Waals surface area (Å²) in [6, 6.07) is 3.53. The fourth-order valence-electron chi connectivity index (χ4n) is 1.65. The molecule has 1 aromatic heterocycles. The molecule has 0 saturated heterocycles. The number of rotatable bonds is 5. The lowest BCUT2D eigenvalue weighted by molar-refractivity contribution is 0.352. The highest BCUT2D eigenvalue weighted by Gasteiger charge is 2.18. The van der Waals surface area contributed by atoms with Crippen molar-refractivity contribution >= 4 is 25.8 Å². The van der Waals surface area contributed by atoms with Gasteiger partial charge in [0.2, 0.25) is 11.7 Å². The normalized spacial score (nSPS) is 13.3. The molecule has 2 rings (SSSR count). The number of nitrogens with two attached hydrogens (primary N) is 1. The van der Waals surface area contributed by atoms with Crippen molar-refractivity contribution in [2.24, 2.45) is 5.73 Å². The van der Waals surface area contributed by atoms with Gasteiger partial charge in [-0.2, -0.15) is 4.98 Å². The zero-order chi connectivity index (χ0) is 15.6. The molecule has 1 atom stereocenters. The van der Waals surface area contributed by atoms with Crippen molar-refractivity contribution in [1.29, 1.82) is 0 Å². The van der Waals surface area contributed by atoms with E-state index >= 15 is 0 Å². The van der Waals surface area contributed by atoms with E-state index in [9.17, 15) is 12.8 Å². The minimum absolute atomic E-state index is 0.0720. The number of hydrogen-bond donors (Lipinski definition) is 1. The number of nitrogens with zero attached hydrogens (tertiary/aromatic N) is 2. The molecule has 1 heterocycles. The number of hydrogen-bond acceptors (Lipinski definition) is 6. The summed E-state index contributed by atoms with van der Waals surface area (Å²) in [6.45, 7) is 0. The molecule has 9 heteroatoms. The lowest BCUT2D eigenvalue weighted by Gasteiger charge is -2.04. The van der Waals surface area contributed by atoms with Crippen molar-refractivity contribution in [3.8, 4) is 11.4 Å². The molecule has 0 fully saturated rings. The van der Waals surface area contributed by atoms with Gasteiger partial charge in [0.1, 0.15) is 15.7 Å². The van der Waals surface area contributed by atoms with Gasteiger partial charge in [0.25, 0.3) is 0 Å². The van der Waals surface area contributed by atoms with Gasteiger partial charge in [0.05, 0.1) is 11.8 Å². The molecule has 2 N–H and O–H groups in total. The number of halogens is 2. The first kappa shape index (κ1) is 16.1. The van der Waals surface area contributed by atoms with Crippen LogP contribution in [0.25, 0.3) is 11.4 Å². The number of aromatic nitrogens is 2. The maximum Gasteiger partial charge on any atom is 0.243 e. The number of benzene rings is 1. The molecule has 0 saturated carbocycles. The first-order valence-corrected chi connectivity index (χ1v) is 8.83. The summed E-state index contributed by atoms with van der Waals surface area (Å²) in [5.41, 5.74) is 6.25. The van der Waals surface area contributed by atoms with Crippen LogP contribution in [0.1, 0.15) is 18.4 Å². The van der Waals surface area contributed by atoms with Crippen LogP contribution in [0.15, 0.2) is 27.2 Å². The average Bonchev–Trinajstić information content (AvgIpc) is 2.83. The Balaban J connectivity index is 2.17. The molecular weight excluding hydrogens is 365 g/mol. The maximum atomic E-state index is 13.3. The lowest BCUT2D eigenvalue weighted by Crippen LogP contribution is -2.16. The van der Waals surface area contributed by atoms with E-state index in [0.717, 1.165) is 6.26 Å². The summed E-state index contributed by atoms with van der Waals surface area (Å²) in [6.07, 6.45) is 1.30. The van der Waals surface area contributed by atoms with Crippen molar-refractivity contribution in [1.82, 2.24) is 10.1 Å². The second kappa shape index (κ2) is 6.20. The van der Waals surface area contributed by atoms with Gasteiger partial charge in [-0.3, -0.25) is 0 Å². The first-order chi connectivity index (χ1) is 9.74. The van der Waals surface area contributed by atoms with E-state index in [1.807, 2.05) is 0 Å². The Labute approximate surface area is 129 Å². The predicted molar refractivity (Wildman–Crippen MR) is 78.6 cm³/mol. The van der Waals surface area contributed by atoms with Gasteiger partial charge in [0.15, 0.2) is 0 Å². The van der Waals surface area contributed by atoms with Crippen LogP contribution in [0.5, 0.6) is 0 Å². The summed E-state index contributed by atoms with van der Waals surface area (Å²) in [4.78, 5) is 4.08. The molecule has 114 valence electrons. The molecule has 1 unspecified atom stereocenters. The quantitative estimate of drug-likeness (QED) is 0.855. The van der Waals surface area contributed by atoms with E-state index in [2.05, 4.69) is 26.1 Å². The van der Waals surface area contributed by atoms with Gasteiger partial charge < -0.3 is 10.3 Å². The topological polar surface area (TPSA) is 99.1 Å². The average molecular weight is 378 g/mol. The molecule has 0 aliphatic rings. The van der Waals surface area contributed by atoms with Crippen LogP contribution in [-0.2, 0) is 9.84 Å². The van der Waals surface area contributed by atoms with Crippen molar-refractivity contribution in [3.63, 3.8) is 0 Å². The summed E-state index contributed by atoms with van der Waals surface area (Å²) >= 11 is 3.18. The SMILES string of the molecule is CS(=O)(=O)CCC(N)c1nc(-c2cc(F)cc(Br)c2)no1. The van der Waals surface area contributed by atoms with Gasteiger partial charge in [-0.1, -0.05) is 21.1 Å². The Morgan fingerprint density at radius 2 is 2.14 bits per heavy atom. The summed E-state index contributed by atoms with van der Waals surface area (Å²) in [7, 11) is -3.11. The number of sulfone groups is 1. The molecule has 2 aromatic rings. The van der Waals surface area contributed by atoms with Gasteiger partial charge >= 0.3 is 0 Å². The summed E-state index contributed by atoms with van der Waals surface area (Å²) < 4.78 is 41.1. The smallest absolute Gasteiger partial charge is 0.243 e. The minimum atomic E-state index is -3.11. The Morgan fingerprint density at radius 1 is 1.43 bits per heavy atom. The molecule has 6 nitrogen and oxygen atoms in total. The van der Waals surface area contributed by atoms with Gasteiger partial charge in [-0.25, -0.2) is 12.8 Å². The summed E-state index contributed by atoms with van der Waals surface area (Å²) in [5.74, 6) is -0.196. The third-order valence-electron chi connectivity index (χ3n) is 2.68. The van der Waals surface area contributed by atoms with Crippen LogP contribution in [0.2, 0.25) is 0 Å². The zero-order valence-electron chi connectivity index (χ0n) is 11.1. The zero-order valence-corrected chi connectivity index (χ0v) is 13.5. The second-order valence-electron chi connectivity index (χ2n) is 4.64. The van der Waals surface area contributed by atoms with E-state index < -0.39 is 21.7 Å². The fourth-order valence-corrected chi connectivity index (χ4v) is 2.80. The molecule has 1 aromatic carbocycles. The van der Waals surface area contributed by atoms with Crippen LogP contribution in [-0.4, -0.2) is 30.6 Å². The Bertz CT molecular complexity index is 728. The van der Waals surface area contributed by atoms with E-state index in [-0.39, 0.29) is 23.9 Å². The first-order valence-electron chi connectivity index (χ1n) is 5.98. The monoisotopic (exact) mass is 377 g/mol. The largest absolute Gasteiger partial charge is 0.337 e. The lowest BCUT2D eigenvalue weighted by atomic mass is 10.2. The highest BCUT2D eigenvalue weighted by atomic mass is 79.9. The standard InChI is InChI=1S/C12H13BrFN3O3S/c1-21(18,19)3-2-10(15)12-16-11(17-20-12)7-4-8(13)6-9(14)5-7/h4-6,10H,2-3,15H2,1H3. The van der Waals surface area contributed by atoms with E-state index in [1.165, 1.54) is 12.1 Å². The van der Waals surface area contributed by atoms with E-state index in [0.29, 0.717) is 10.0 Å². The molecule has 0 amide bonds. The molecule has 0 aliphatic carbocycles. The third kappa shape index (κ3) is 4.58. The molecule has 0 spiro atoms. The maximum absolute atomic E-state index is 13.3. The van der Waals surface area contributed by atoms with Gasteiger partial charge in [0, 0.05) is 16.3 Å². The van der Waals surface area contributed by atoms with Crippen LogP contribution in [0, 0.1) is 5.82 Å². The van der Waals surface area contributed by atoms with Crippen molar-refractivity contribution < 1.29 is 17.3 Å². The highest BCUT2D eigenvalue weighted by Crippen LogP contribution is 2.24. The van der Waals surface area contributed by atoms with Crippen molar-refractivity contribution in [2.45, 2.75) is 12.5 Å². The highest BCUT2D eigenvalue weighted by molar-refractivity contribution is 9.10. The fraction of sp³-hybridized carbons (Fsp3) is 0.333. The minimum Gasteiger partial charge on any atom is -0.337 e. The predicted octanol–water partition coefficient (Wildman–Crippen LogP) is 2.07. The molecule has 0 aliphatic heterocycles. The van der Waals surface area contributed by atoms with E-state index in [4.69, 9.17) is 10.3 Å². The van der Waals surface area contributed by atoms with Crippen LogP contribution in [0.3, 0.4) is 0 Å². The molecule has 21 heavy (non-hydrogen) atoms. The molecule has 0 radical (unpaired) electrons. The Morgan fingerprint density at radius 3 is 2.76 bits per heavy atom. The van der Waals surface area contributed by atoms with E-state index in [1.54, 1.807) is 6.07 Å². The Hall–Kier alpha value is -1.32. The second-order valence-corrected chi connectivity index (χ2v) is 7.81. The molecular formula is C12H13BrFN3O3S. The third-order valence-corrected chi connectivity index (χ3v) is 4.11.